The zero-order valence-electron chi connectivity index (χ0n) is 11.5. The van der Waals surface area contributed by atoms with Crippen LogP contribution >= 0.6 is 0 Å². The van der Waals surface area contributed by atoms with Crippen molar-refractivity contribution in [1.82, 2.24) is 5.32 Å². The van der Waals surface area contributed by atoms with Crippen LogP contribution in [-0.4, -0.2) is 17.0 Å². The number of amides is 1. The molecule has 2 N–H and O–H groups in total. The van der Waals surface area contributed by atoms with E-state index in [1.54, 1.807) is 0 Å². The standard InChI is InChI=1S/C16H21NO3/c18-15(10-9-12-5-4-6-12)17-14(11-16(19)20)13-7-2-1-3-8-13/h1-3,7-8,12,14H,4-6,9-11H2,(H,17,18)(H,19,20). The van der Waals surface area contributed by atoms with Crippen molar-refractivity contribution in [3.63, 3.8) is 0 Å². The van der Waals surface area contributed by atoms with E-state index in [0.717, 1.165) is 12.0 Å². The molecule has 0 heterocycles. The summed E-state index contributed by atoms with van der Waals surface area (Å²) in [5.74, 6) is -0.263. The Morgan fingerprint density at radius 3 is 2.50 bits per heavy atom. The lowest BCUT2D eigenvalue weighted by molar-refractivity contribution is -0.137. The number of carbonyl (C=O) groups is 2. The number of rotatable bonds is 7. The first-order valence-electron chi connectivity index (χ1n) is 7.21. The highest BCUT2D eigenvalue weighted by molar-refractivity contribution is 5.77. The highest BCUT2D eigenvalue weighted by Gasteiger charge is 2.21. The van der Waals surface area contributed by atoms with Gasteiger partial charge in [0.25, 0.3) is 0 Å². The van der Waals surface area contributed by atoms with Crippen molar-refractivity contribution in [1.29, 1.82) is 0 Å². The third-order valence-corrected chi connectivity index (χ3v) is 3.92. The van der Waals surface area contributed by atoms with Gasteiger partial charge < -0.3 is 10.4 Å². The molecule has 0 aliphatic heterocycles. The zero-order valence-corrected chi connectivity index (χ0v) is 11.5. The van der Waals surface area contributed by atoms with Crippen LogP contribution in [-0.2, 0) is 9.59 Å². The second-order valence-electron chi connectivity index (χ2n) is 5.46. The Kier molecular flexibility index (Phi) is 5.16. The number of carboxylic acid groups (broad SMARTS) is 1. The van der Waals surface area contributed by atoms with Crippen molar-refractivity contribution < 1.29 is 14.7 Å². The van der Waals surface area contributed by atoms with Crippen molar-refractivity contribution in [2.45, 2.75) is 44.6 Å². The van der Waals surface area contributed by atoms with Crippen LogP contribution in [0, 0.1) is 5.92 Å². The van der Waals surface area contributed by atoms with Crippen molar-refractivity contribution in [3.05, 3.63) is 35.9 Å². The van der Waals surface area contributed by atoms with Crippen LogP contribution in [0.25, 0.3) is 0 Å². The van der Waals surface area contributed by atoms with Gasteiger partial charge in [0.15, 0.2) is 0 Å². The van der Waals surface area contributed by atoms with E-state index < -0.39 is 12.0 Å². The number of hydrogen-bond acceptors (Lipinski definition) is 2. The van der Waals surface area contributed by atoms with Crippen molar-refractivity contribution in [3.8, 4) is 0 Å². The van der Waals surface area contributed by atoms with Gasteiger partial charge in [0, 0.05) is 6.42 Å². The molecule has 0 bridgehead atoms. The molecule has 1 atom stereocenters. The lowest BCUT2D eigenvalue weighted by Crippen LogP contribution is -2.30. The predicted octanol–water partition coefficient (Wildman–Crippen LogP) is 2.90. The van der Waals surface area contributed by atoms with Crippen LogP contribution in [0.5, 0.6) is 0 Å². The average Bonchev–Trinajstić information content (AvgIpc) is 2.36. The van der Waals surface area contributed by atoms with Crippen LogP contribution in [0.1, 0.15) is 50.1 Å². The van der Waals surface area contributed by atoms with E-state index in [2.05, 4.69) is 5.32 Å². The van der Waals surface area contributed by atoms with Crippen LogP contribution in [0.15, 0.2) is 30.3 Å². The van der Waals surface area contributed by atoms with Crippen LogP contribution < -0.4 is 5.32 Å². The molecular weight excluding hydrogens is 254 g/mol. The molecule has 1 aliphatic rings. The van der Waals surface area contributed by atoms with Gasteiger partial charge in [-0.2, -0.15) is 0 Å². The van der Waals surface area contributed by atoms with E-state index in [1.165, 1.54) is 19.3 Å². The minimum Gasteiger partial charge on any atom is -0.481 e. The second-order valence-corrected chi connectivity index (χ2v) is 5.46. The van der Waals surface area contributed by atoms with Gasteiger partial charge in [0.1, 0.15) is 0 Å². The lowest BCUT2D eigenvalue weighted by Gasteiger charge is -2.25. The number of benzene rings is 1. The summed E-state index contributed by atoms with van der Waals surface area (Å²) >= 11 is 0. The molecule has 4 heteroatoms. The maximum Gasteiger partial charge on any atom is 0.305 e. The average molecular weight is 275 g/mol. The van der Waals surface area contributed by atoms with E-state index in [1.807, 2.05) is 30.3 Å². The first-order chi connectivity index (χ1) is 9.65. The summed E-state index contributed by atoms with van der Waals surface area (Å²) < 4.78 is 0. The normalized spacial score (nSPS) is 16.2. The molecule has 0 aromatic heterocycles. The van der Waals surface area contributed by atoms with Crippen molar-refractivity contribution in [2.75, 3.05) is 0 Å². The fourth-order valence-corrected chi connectivity index (χ4v) is 2.50. The minimum atomic E-state index is -0.904. The monoisotopic (exact) mass is 275 g/mol. The molecular formula is C16H21NO3. The Morgan fingerprint density at radius 1 is 1.25 bits per heavy atom. The summed E-state index contributed by atoms with van der Waals surface area (Å²) in [6.07, 6.45) is 5.06. The van der Waals surface area contributed by atoms with Crippen LogP contribution in [0.3, 0.4) is 0 Å². The SMILES string of the molecule is O=C(O)CC(NC(=O)CCC1CCC1)c1ccccc1. The minimum absolute atomic E-state index is 0.0491. The molecule has 1 saturated carbocycles. The molecule has 1 fully saturated rings. The molecule has 108 valence electrons. The summed E-state index contributed by atoms with van der Waals surface area (Å²) in [6.45, 7) is 0. The summed E-state index contributed by atoms with van der Waals surface area (Å²) in [5.41, 5.74) is 0.840. The van der Waals surface area contributed by atoms with E-state index in [0.29, 0.717) is 12.3 Å². The summed E-state index contributed by atoms with van der Waals surface area (Å²) in [5, 5.41) is 11.8. The van der Waals surface area contributed by atoms with E-state index in [-0.39, 0.29) is 12.3 Å². The maximum absolute atomic E-state index is 11.9. The number of carbonyl (C=O) groups excluding carboxylic acids is 1. The fourth-order valence-electron chi connectivity index (χ4n) is 2.50. The Morgan fingerprint density at radius 2 is 1.95 bits per heavy atom. The number of aliphatic carboxylic acids is 1. The molecule has 0 saturated heterocycles. The van der Waals surface area contributed by atoms with Crippen LogP contribution in [0.4, 0.5) is 0 Å². The van der Waals surface area contributed by atoms with Crippen molar-refractivity contribution in [2.24, 2.45) is 5.92 Å². The Hall–Kier alpha value is -1.84. The van der Waals surface area contributed by atoms with E-state index in [4.69, 9.17) is 5.11 Å². The number of carboxylic acids is 1. The van der Waals surface area contributed by atoms with Gasteiger partial charge in [-0.15, -0.1) is 0 Å². The van der Waals surface area contributed by atoms with Gasteiger partial charge in [0.2, 0.25) is 5.91 Å². The topological polar surface area (TPSA) is 66.4 Å². The molecule has 0 radical (unpaired) electrons. The molecule has 1 aliphatic carbocycles. The van der Waals surface area contributed by atoms with Crippen molar-refractivity contribution >= 4 is 11.9 Å². The first-order valence-corrected chi connectivity index (χ1v) is 7.21. The Bertz CT molecular complexity index is 454. The Labute approximate surface area is 119 Å². The predicted molar refractivity (Wildman–Crippen MR) is 76.2 cm³/mol. The first kappa shape index (κ1) is 14.6. The summed E-state index contributed by atoms with van der Waals surface area (Å²) in [4.78, 5) is 22.9. The molecule has 1 aromatic rings. The van der Waals surface area contributed by atoms with E-state index in [9.17, 15) is 9.59 Å². The van der Waals surface area contributed by atoms with Gasteiger partial charge >= 0.3 is 5.97 Å². The number of nitrogens with one attached hydrogen (secondary N) is 1. The van der Waals surface area contributed by atoms with Gasteiger partial charge in [-0.05, 0) is 17.9 Å². The lowest BCUT2D eigenvalue weighted by atomic mass is 9.82. The molecule has 1 aromatic carbocycles. The Balaban J connectivity index is 1.89. The largest absolute Gasteiger partial charge is 0.481 e. The van der Waals surface area contributed by atoms with Gasteiger partial charge in [-0.3, -0.25) is 9.59 Å². The molecule has 1 amide bonds. The zero-order chi connectivity index (χ0) is 14.4. The summed E-state index contributed by atoms with van der Waals surface area (Å²) in [7, 11) is 0. The molecule has 4 nitrogen and oxygen atoms in total. The highest BCUT2D eigenvalue weighted by atomic mass is 16.4. The van der Waals surface area contributed by atoms with Gasteiger partial charge in [-0.1, -0.05) is 49.6 Å². The molecule has 0 spiro atoms. The van der Waals surface area contributed by atoms with E-state index >= 15 is 0 Å². The fraction of sp³-hybridized carbons (Fsp3) is 0.500. The quantitative estimate of drug-likeness (QED) is 0.804. The van der Waals surface area contributed by atoms with Gasteiger partial charge in [0.05, 0.1) is 12.5 Å². The second kappa shape index (κ2) is 7.08. The third kappa shape index (κ3) is 4.37. The molecule has 20 heavy (non-hydrogen) atoms. The maximum atomic E-state index is 11.9. The number of hydrogen-bond donors (Lipinski definition) is 2. The van der Waals surface area contributed by atoms with Crippen LogP contribution in [0.2, 0.25) is 0 Å². The smallest absolute Gasteiger partial charge is 0.305 e. The summed E-state index contributed by atoms with van der Waals surface area (Å²) in [6, 6.07) is 8.83. The third-order valence-electron chi connectivity index (χ3n) is 3.92. The highest BCUT2D eigenvalue weighted by Crippen LogP contribution is 2.30. The molecule has 1 unspecified atom stereocenters. The molecule has 2 rings (SSSR count). The van der Waals surface area contributed by atoms with Gasteiger partial charge in [-0.25, -0.2) is 0 Å².